The molecule has 2 amide bonds. The maximum atomic E-state index is 12.9. The molecule has 0 aliphatic heterocycles. The number of rotatable bonds is 4. The maximum absolute atomic E-state index is 12.9. The van der Waals surface area contributed by atoms with Crippen molar-refractivity contribution in [3.05, 3.63) is 107 Å². The maximum Gasteiger partial charge on any atom is 0.291 e. The summed E-state index contributed by atoms with van der Waals surface area (Å²) in [6.45, 7) is 0. The fourth-order valence-electron chi connectivity index (χ4n) is 3.59. The summed E-state index contributed by atoms with van der Waals surface area (Å²) in [6.07, 6.45) is 0. The number of halogens is 1. The summed E-state index contributed by atoms with van der Waals surface area (Å²) < 4.78 is 6.54. The Morgan fingerprint density at radius 3 is 2.09 bits per heavy atom. The molecule has 5 aromatic rings. The van der Waals surface area contributed by atoms with Crippen molar-refractivity contribution in [1.82, 2.24) is 0 Å². The molecule has 0 saturated carbocycles. The van der Waals surface area contributed by atoms with Crippen LogP contribution >= 0.6 is 15.9 Å². The van der Waals surface area contributed by atoms with Crippen LogP contribution in [0, 0.1) is 0 Å². The number of nitrogens with one attached hydrogen (secondary N) is 2. The number of fused-ring (bicyclic) bond motifs is 2. The highest BCUT2D eigenvalue weighted by Crippen LogP contribution is 2.27. The van der Waals surface area contributed by atoms with Crippen LogP contribution in [0.2, 0.25) is 0 Å². The molecule has 5 nitrogen and oxygen atoms in total. The Hall–Kier alpha value is -3.90. The number of benzene rings is 4. The Morgan fingerprint density at radius 2 is 1.34 bits per heavy atom. The molecule has 0 spiro atoms. The number of anilines is 2. The molecule has 5 rings (SSSR count). The first-order valence-electron chi connectivity index (χ1n) is 9.97. The quantitative estimate of drug-likeness (QED) is 0.292. The molecule has 1 aromatic heterocycles. The Bertz CT molecular complexity index is 1440. The van der Waals surface area contributed by atoms with Crippen molar-refractivity contribution in [3.8, 4) is 0 Å². The molecule has 0 aliphatic rings. The molecule has 156 valence electrons. The van der Waals surface area contributed by atoms with E-state index in [0.29, 0.717) is 22.5 Å². The van der Waals surface area contributed by atoms with Gasteiger partial charge in [0.05, 0.1) is 0 Å². The zero-order chi connectivity index (χ0) is 22.1. The first-order chi connectivity index (χ1) is 15.6. The van der Waals surface area contributed by atoms with Gasteiger partial charge in [-0.05, 0) is 59.3 Å². The molecule has 1 heterocycles. The van der Waals surface area contributed by atoms with Gasteiger partial charge in [-0.1, -0.05) is 58.4 Å². The molecule has 0 fully saturated rings. The van der Waals surface area contributed by atoms with Gasteiger partial charge in [-0.2, -0.15) is 0 Å². The summed E-state index contributed by atoms with van der Waals surface area (Å²) in [5.74, 6) is -0.294. The van der Waals surface area contributed by atoms with Gasteiger partial charge in [0.2, 0.25) is 0 Å². The highest BCUT2D eigenvalue weighted by Gasteiger charge is 2.14. The smallest absolute Gasteiger partial charge is 0.291 e. The summed E-state index contributed by atoms with van der Waals surface area (Å²) in [7, 11) is 0. The van der Waals surface area contributed by atoms with Gasteiger partial charge in [-0.3, -0.25) is 9.59 Å². The lowest BCUT2D eigenvalue weighted by Crippen LogP contribution is -2.13. The normalized spacial score (nSPS) is 10.9. The van der Waals surface area contributed by atoms with Gasteiger partial charge in [0.1, 0.15) is 5.58 Å². The lowest BCUT2D eigenvalue weighted by molar-refractivity contribution is 0.0996. The molecule has 2 N–H and O–H groups in total. The highest BCUT2D eigenvalue weighted by molar-refractivity contribution is 9.10. The summed E-state index contributed by atoms with van der Waals surface area (Å²) in [5.41, 5.74) is 2.48. The number of carbonyl (C=O) groups excluding carboxylic acids is 2. The topological polar surface area (TPSA) is 71.3 Å². The van der Waals surface area contributed by atoms with Crippen LogP contribution in [0.1, 0.15) is 20.9 Å². The van der Waals surface area contributed by atoms with Gasteiger partial charge >= 0.3 is 0 Å². The van der Waals surface area contributed by atoms with Crippen molar-refractivity contribution in [2.24, 2.45) is 0 Å². The third-order valence-corrected chi connectivity index (χ3v) is 5.85. The predicted octanol–water partition coefficient (Wildman–Crippen LogP) is 6.85. The van der Waals surface area contributed by atoms with Crippen LogP contribution in [-0.2, 0) is 0 Å². The average Bonchev–Trinajstić information content (AvgIpc) is 3.25. The first-order valence-corrected chi connectivity index (χ1v) is 10.8. The predicted molar refractivity (Wildman–Crippen MR) is 130 cm³/mol. The lowest BCUT2D eigenvalue weighted by atomic mass is 10.0. The van der Waals surface area contributed by atoms with Crippen LogP contribution in [0.5, 0.6) is 0 Å². The SMILES string of the molecule is O=C(Nc1ccc(NC(=O)c2cccc3c(Br)cccc23)cc1)c1cc2ccccc2o1. The first kappa shape index (κ1) is 20.0. The van der Waals surface area contributed by atoms with E-state index in [2.05, 4.69) is 26.6 Å². The van der Waals surface area contributed by atoms with E-state index in [1.165, 1.54) is 0 Å². The summed E-state index contributed by atoms with van der Waals surface area (Å²) in [6, 6.07) is 27.5. The van der Waals surface area contributed by atoms with Gasteiger partial charge < -0.3 is 15.1 Å². The van der Waals surface area contributed by atoms with Crippen molar-refractivity contribution in [3.63, 3.8) is 0 Å². The minimum Gasteiger partial charge on any atom is -0.451 e. The molecule has 0 atom stereocenters. The lowest BCUT2D eigenvalue weighted by Gasteiger charge is -2.10. The second-order valence-corrected chi connectivity index (χ2v) is 8.13. The monoisotopic (exact) mass is 484 g/mol. The zero-order valence-electron chi connectivity index (χ0n) is 16.8. The van der Waals surface area contributed by atoms with E-state index in [0.717, 1.165) is 20.6 Å². The van der Waals surface area contributed by atoms with Crippen molar-refractivity contribution in [2.45, 2.75) is 0 Å². The minimum atomic E-state index is -0.334. The molecule has 0 bridgehead atoms. The summed E-state index contributed by atoms with van der Waals surface area (Å²) in [5, 5.41) is 8.44. The van der Waals surface area contributed by atoms with E-state index in [9.17, 15) is 9.59 Å². The Kier molecular flexibility index (Phi) is 5.21. The van der Waals surface area contributed by atoms with E-state index in [1.54, 1.807) is 36.4 Å². The molecular weight excluding hydrogens is 468 g/mol. The van der Waals surface area contributed by atoms with Crippen LogP contribution in [0.25, 0.3) is 21.7 Å². The molecule has 0 unspecified atom stereocenters. The number of carbonyl (C=O) groups is 2. The van der Waals surface area contributed by atoms with E-state index < -0.39 is 0 Å². The zero-order valence-corrected chi connectivity index (χ0v) is 18.3. The van der Waals surface area contributed by atoms with E-state index in [1.807, 2.05) is 54.6 Å². The van der Waals surface area contributed by atoms with Crippen molar-refractivity contribution >= 4 is 60.9 Å². The van der Waals surface area contributed by atoms with Crippen LogP contribution in [0.3, 0.4) is 0 Å². The molecule has 32 heavy (non-hydrogen) atoms. The van der Waals surface area contributed by atoms with Crippen molar-refractivity contribution in [2.75, 3.05) is 10.6 Å². The minimum absolute atomic E-state index is 0.201. The Morgan fingerprint density at radius 1 is 0.688 bits per heavy atom. The number of amides is 2. The molecule has 0 saturated heterocycles. The number of furan rings is 1. The van der Waals surface area contributed by atoms with Gasteiger partial charge in [0.15, 0.2) is 5.76 Å². The van der Waals surface area contributed by atoms with Gasteiger partial charge in [-0.15, -0.1) is 0 Å². The fourth-order valence-corrected chi connectivity index (χ4v) is 4.09. The molecule has 6 heteroatoms. The number of hydrogen-bond acceptors (Lipinski definition) is 3. The largest absolute Gasteiger partial charge is 0.451 e. The van der Waals surface area contributed by atoms with E-state index in [-0.39, 0.29) is 17.6 Å². The third kappa shape index (κ3) is 3.88. The fraction of sp³-hybridized carbons (Fsp3) is 0. The standard InChI is InChI=1S/C26H17BrN2O3/c27-22-9-4-6-19-20(22)7-3-8-21(19)25(30)28-17-11-13-18(14-12-17)29-26(31)24-15-16-5-1-2-10-23(16)32-24/h1-15H,(H,28,30)(H,29,31). The van der Waals surface area contributed by atoms with Gasteiger partial charge in [0.25, 0.3) is 11.8 Å². The van der Waals surface area contributed by atoms with Gasteiger partial charge in [-0.25, -0.2) is 0 Å². The van der Waals surface area contributed by atoms with E-state index >= 15 is 0 Å². The molecule has 0 radical (unpaired) electrons. The van der Waals surface area contributed by atoms with Crippen molar-refractivity contribution in [1.29, 1.82) is 0 Å². The van der Waals surface area contributed by atoms with Crippen LogP contribution < -0.4 is 10.6 Å². The Labute approximate surface area is 192 Å². The molecular formula is C26H17BrN2O3. The number of para-hydroxylation sites is 1. The second-order valence-electron chi connectivity index (χ2n) is 7.27. The third-order valence-electron chi connectivity index (χ3n) is 5.16. The molecule has 0 aliphatic carbocycles. The van der Waals surface area contributed by atoms with Crippen LogP contribution in [0.15, 0.2) is 99.9 Å². The molecule has 4 aromatic carbocycles. The van der Waals surface area contributed by atoms with E-state index in [4.69, 9.17) is 4.42 Å². The summed E-state index contributed by atoms with van der Waals surface area (Å²) in [4.78, 5) is 25.4. The second kappa shape index (κ2) is 8.32. The van der Waals surface area contributed by atoms with Crippen LogP contribution in [0.4, 0.5) is 11.4 Å². The highest BCUT2D eigenvalue weighted by atomic mass is 79.9. The summed E-state index contributed by atoms with van der Waals surface area (Å²) >= 11 is 3.53. The Balaban J connectivity index is 1.30. The average molecular weight is 485 g/mol. The number of hydrogen-bond donors (Lipinski definition) is 2. The van der Waals surface area contributed by atoms with Gasteiger partial charge in [0, 0.05) is 26.8 Å². The van der Waals surface area contributed by atoms with Crippen molar-refractivity contribution < 1.29 is 14.0 Å². The van der Waals surface area contributed by atoms with Crippen LogP contribution in [-0.4, -0.2) is 11.8 Å².